The molecule has 0 radical (unpaired) electrons. The highest BCUT2D eigenvalue weighted by Gasteiger charge is 2.06. The van der Waals surface area contributed by atoms with Gasteiger partial charge in [0.15, 0.2) is 0 Å². The molecule has 0 bridgehead atoms. The topological polar surface area (TPSA) is 67.2 Å². The minimum atomic E-state index is 0.170. The summed E-state index contributed by atoms with van der Waals surface area (Å²) >= 11 is 0. The standard InChI is InChI=1S/C10H12N4/c1-7-3-2-4-14-10(7)8(6-13-14)5-9(11)12/h2-4,6H,5H2,1H3,(H3,11,12). The summed E-state index contributed by atoms with van der Waals surface area (Å²) < 4.78 is 1.81. The van der Waals surface area contributed by atoms with Crippen LogP contribution in [0, 0.1) is 12.3 Å². The lowest BCUT2D eigenvalue weighted by molar-refractivity contribution is 0.956. The third-order valence-electron chi connectivity index (χ3n) is 2.20. The van der Waals surface area contributed by atoms with Crippen LogP contribution >= 0.6 is 0 Å². The van der Waals surface area contributed by atoms with Gasteiger partial charge in [0, 0.05) is 18.2 Å². The highest BCUT2D eigenvalue weighted by Crippen LogP contribution is 2.15. The van der Waals surface area contributed by atoms with E-state index in [1.165, 1.54) is 0 Å². The first kappa shape index (κ1) is 8.74. The van der Waals surface area contributed by atoms with Crippen LogP contribution in [-0.2, 0) is 6.42 Å². The summed E-state index contributed by atoms with van der Waals surface area (Å²) in [5.74, 6) is 0.170. The van der Waals surface area contributed by atoms with Crippen molar-refractivity contribution in [3.05, 3.63) is 35.7 Å². The molecule has 0 fully saturated rings. The van der Waals surface area contributed by atoms with Crippen molar-refractivity contribution in [2.24, 2.45) is 5.73 Å². The first-order valence-electron chi connectivity index (χ1n) is 4.43. The second kappa shape index (κ2) is 3.14. The fourth-order valence-electron chi connectivity index (χ4n) is 1.63. The van der Waals surface area contributed by atoms with E-state index in [1.807, 2.05) is 29.8 Å². The number of fused-ring (bicyclic) bond motifs is 1. The van der Waals surface area contributed by atoms with Crippen molar-refractivity contribution >= 4 is 11.4 Å². The van der Waals surface area contributed by atoms with Crippen molar-refractivity contribution in [1.29, 1.82) is 5.41 Å². The van der Waals surface area contributed by atoms with Crippen LogP contribution in [0.2, 0.25) is 0 Å². The molecule has 3 N–H and O–H groups in total. The average molecular weight is 188 g/mol. The van der Waals surface area contributed by atoms with Crippen LogP contribution in [-0.4, -0.2) is 15.4 Å². The maximum atomic E-state index is 7.26. The lowest BCUT2D eigenvalue weighted by Gasteiger charge is -2.00. The fraction of sp³-hybridized carbons (Fsp3) is 0.200. The third-order valence-corrected chi connectivity index (χ3v) is 2.20. The van der Waals surface area contributed by atoms with E-state index in [0.29, 0.717) is 6.42 Å². The predicted molar refractivity (Wildman–Crippen MR) is 55.5 cm³/mol. The number of aryl methyl sites for hydroxylation is 1. The van der Waals surface area contributed by atoms with Gasteiger partial charge in [-0.3, -0.25) is 5.41 Å². The van der Waals surface area contributed by atoms with Crippen LogP contribution in [0.5, 0.6) is 0 Å². The first-order chi connectivity index (χ1) is 6.68. The Kier molecular flexibility index (Phi) is 1.96. The minimum Gasteiger partial charge on any atom is -0.387 e. The van der Waals surface area contributed by atoms with Gasteiger partial charge in [0.25, 0.3) is 0 Å². The average Bonchev–Trinajstić information content (AvgIpc) is 2.49. The molecule has 0 atom stereocenters. The van der Waals surface area contributed by atoms with Gasteiger partial charge in [-0.15, -0.1) is 0 Å². The zero-order valence-electron chi connectivity index (χ0n) is 7.99. The lowest BCUT2D eigenvalue weighted by Crippen LogP contribution is -2.12. The van der Waals surface area contributed by atoms with Gasteiger partial charge < -0.3 is 5.73 Å². The second-order valence-corrected chi connectivity index (χ2v) is 3.36. The molecular weight excluding hydrogens is 176 g/mol. The van der Waals surface area contributed by atoms with Gasteiger partial charge in [-0.25, -0.2) is 4.52 Å². The Morgan fingerprint density at radius 3 is 3.14 bits per heavy atom. The van der Waals surface area contributed by atoms with Crippen molar-refractivity contribution in [3.63, 3.8) is 0 Å². The SMILES string of the molecule is Cc1cccn2ncc(CC(=N)N)c12. The van der Waals surface area contributed by atoms with E-state index >= 15 is 0 Å². The minimum absolute atomic E-state index is 0.170. The van der Waals surface area contributed by atoms with Crippen molar-refractivity contribution < 1.29 is 0 Å². The molecule has 14 heavy (non-hydrogen) atoms. The molecule has 0 aliphatic carbocycles. The van der Waals surface area contributed by atoms with Crippen LogP contribution in [0.1, 0.15) is 11.1 Å². The number of aromatic nitrogens is 2. The highest BCUT2D eigenvalue weighted by molar-refractivity contribution is 5.82. The van der Waals surface area contributed by atoms with Gasteiger partial charge in [-0.1, -0.05) is 6.07 Å². The number of nitrogens with zero attached hydrogens (tertiary/aromatic N) is 2. The summed E-state index contributed by atoms with van der Waals surface area (Å²) in [5, 5.41) is 11.5. The molecule has 0 aliphatic rings. The number of amidine groups is 1. The van der Waals surface area contributed by atoms with Gasteiger partial charge >= 0.3 is 0 Å². The van der Waals surface area contributed by atoms with Gasteiger partial charge in [-0.05, 0) is 18.6 Å². The van der Waals surface area contributed by atoms with E-state index in [9.17, 15) is 0 Å². The van der Waals surface area contributed by atoms with Crippen molar-refractivity contribution in [2.75, 3.05) is 0 Å². The van der Waals surface area contributed by atoms with Gasteiger partial charge in [-0.2, -0.15) is 5.10 Å². The van der Waals surface area contributed by atoms with E-state index < -0.39 is 0 Å². The summed E-state index contributed by atoms with van der Waals surface area (Å²) in [5.41, 5.74) is 8.59. The highest BCUT2D eigenvalue weighted by atomic mass is 15.2. The van der Waals surface area contributed by atoms with E-state index in [1.54, 1.807) is 6.20 Å². The van der Waals surface area contributed by atoms with Crippen LogP contribution in [0.3, 0.4) is 0 Å². The second-order valence-electron chi connectivity index (χ2n) is 3.36. The molecule has 2 heterocycles. The Bertz CT molecular complexity index is 484. The number of rotatable bonds is 2. The molecule has 0 saturated heterocycles. The zero-order valence-corrected chi connectivity index (χ0v) is 7.99. The molecule has 4 nitrogen and oxygen atoms in total. The molecule has 0 spiro atoms. The molecule has 0 aliphatic heterocycles. The molecule has 72 valence electrons. The predicted octanol–water partition coefficient (Wildman–Crippen LogP) is 1.12. The molecule has 0 unspecified atom stereocenters. The summed E-state index contributed by atoms with van der Waals surface area (Å²) in [6.45, 7) is 2.03. The van der Waals surface area contributed by atoms with Crippen LogP contribution < -0.4 is 5.73 Å². The Hall–Kier alpha value is -1.84. The Morgan fingerprint density at radius 2 is 2.43 bits per heavy atom. The molecule has 0 amide bonds. The zero-order chi connectivity index (χ0) is 10.1. The number of hydrogen-bond donors (Lipinski definition) is 2. The monoisotopic (exact) mass is 188 g/mol. The molecule has 2 rings (SSSR count). The van der Waals surface area contributed by atoms with Gasteiger partial charge in [0.05, 0.1) is 17.5 Å². The molecular formula is C10H12N4. The lowest BCUT2D eigenvalue weighted by atomic mass is 10.1. The Morgan fingerprint density at radius 1 is 1.64 bits per heavy atom. The number of nitrogens with two attached hydrogens (primary N) is 1. The van der Waals surface area contributed by atoms with Crippen LogP contribution in [0.25, 0.3) is 5.52 Å². The summed E-state index contributed by atoms with van der Waals surface area (Å²) in [6.07, 6.45) is 4.13. The maximum Gasteiger partial charge on any atom is 0.0951 e. The van der Waals surface area contributed by atoms with E-state index in [-0.39, 0.29) is 5.84 Å². The summed E-state index contributed by atoms with van der Waals surface area (Å²) in [7, 11) is 0. The first-order valence-corrected chi connectivity index (χ1v) is 4.43. The van der Waals surface area contributed by atoms with E-state index in [2.05, 4.69) is 5.10 Å². The van der Waals surface area contributed by atoms with Gasteiger partial charge in [0.2, 0.25) is 0 Å². The number of hydrogen-bond acceptors (Lipinski definition) is 2. The quantitative estimate of drug-likeness (QED) is 0.547. The van der Waals surface area contributed by atoms with Crippen LogP contribution in [0.4, 0.5) is 0 Å². The normalized spacial score (nSPS) is 10.6. The Labute approximate surface area is 81.9 Å². The molecule has 2 aromatic heterocycles. The largest absolute Gasteiger partial charge is 0.387 e. The van der Waals surface area contributed by atoms with Crippen molar-refractivity contribution in [1.82, 2.24) is 9.61 Å². The smallest absolute Gasteiger partial charge is 0.0951 e. The fourth-order valence-corrected chi connectivity index (χ4v) is 1.63. The number of nitrogens with one attached hydrogen (secondary N) is 1. The van der Waals surface area contributed by atoms with E-state index in [0.717, 1.165) is 16.6 Å². The molecule has 0 aromatic carbocycles. The molecule has 2 aromatic rings. The Balaban J connectivity index is 2.61. The van der Waals surface area contributed by atoms with E-state index in [4.69, 9.17) is 11.1 Å². The van der Waals surface area contributed by atoms with Crippen molar-refractivity contribution in [2.45, 2.75) is 13.3 Å². The molecule has 4 heteroatoms. The number of pyridine rings is 1. The summed E-state index contributed by atoms with van der Waals surface area (Å²) in [4.78, 5) is 0. The maximum absolute atomic E-state index is 7.26. The molecule has 0 saturated carbocycles. The van der Waals surface area contributed by atoms with Crippen molar-refractivity contribution in [3.8, 4) is 0 Å². The van der Waals surface area contributed by atoms with Gasteiger partial charge in [0.1, 0.15) is 0 Å². The van der Waals surface area contributed by atoms with Crippen LogP contribution in [0.15, 0.2) is 24.5 Å². The third kappa shape index (κ3) is 1.35. The summed E-state index contributed by atoms with van der Waals surface area (Å²) in [6, 6.07) is 3.98.